The normalized spacial score (nSPS) is 12.0. The van der Waals surface area contributed by atoms with Gasteiger partial charge >= 0.3 is 5.97 Å². The molecule has 0 spiro atoms. The van der Waals surface area contributed by atoms with Gasteiger partial charge in [-0.3, -0.25) is 0 Å². The Morgan fingerprint density at radius 2 is 2.29 bits per heavy atom. The number of nitrogens with two attached hydrogens (primary N) is 1. The number of anilines is 2. The summed E-state index contributed by atoms with van der Waals surface area (Å²) >= 11 is 1.77. The Bertz CT molecular complexity index is 640. The van der Waals surface area contributed by atoms with E-state index in [2.05, 4.69) is 29.4 Å². The molecule has 0 radical (unpaired) electrons. The van der Waals surface area contributed by atoms with Crippen LogP contribution in [0.3, 0.4) is 0 Å². The molecule has 2 aromatic rings. The number of hydrogen-bond acceptors (Lipinski definition) is 6. The Kier molecular flexibility index (Phi) is 4.80. The van der Waals surface area contributed by atoms with Gasteiger partial charge in [0.25, 0.3) is 0 Å². The van der Waals surface area contributed by atoms with Crippen LogP contribution in [-0.2, 0) is 11.2 Å². The van der Waals surface area contributed by atoms with E-state index >= 15 is 0 Å². The highest BCUT2D eigenvalue weighted by Gasteiger charge is 2.16. The molecule has 1 atom stereocenters. The van der Waals surface area contributed by atoms with Crippen molar-refractivity contribution in [2.24, 2.45) is 0 Å². The summed E-state index contributed by atoms with van der Waals surface area (Å²) in [5, 5.41) is 3.25. The van der Waals surface area contributed by atoms with Crippen LogP contribution in [0.15, 0.2) is 24.4 Å². The molecule has 0 amide bonds. The second-order valence-electron chi connectivity index (χ2n) is 4.92. The molecule has 112 valence electrons. The van der Waals surface area contributed by atoms with Gasteiger partial charge < -0.3 is 15.8 Å². The summed E-state index contributed by atoms with van der Waals surface area (Å²) in [6.07, 6.45) is 2.39. The third-order valence-electron chi connectivity index (χ3n) is 3.00. The first-order valence-electron chi connectivity index (χ1n) is 6.65. The van der Waals surface area contributed by atoms with E-state index in [4.69, 9.17) is 10.5 Å². The zero-order valence-electron chi connectivity index (χ0n) is 12.3. The van der Waals surface area contributed by atoms with Gasteiger partial charge in [0.2, 0.25) is 0 Å². The zero-order valence-corrected chi connectivity index (χ0v) is 13.2. The molecule has 3 N–H and O–H groups in total. The fourth-order valence-electron chi connectivity index (χ4n) is 2.04. The number of thiophene rings is 1. The lowest BCUT2D eigenvalue weighted by Crippen LogP contribution is -2.21. The van der Waals surface area contributed by atoms with Crippen molar-refractivity contribution in [3.63, 3.8) is 0 Å². The topological polar surface area (TPSA) is 77.2 Å². The second-order valence-corrected chi connectivity index (χ2v) is 6.29. The molecule has 5 nitrogen and oxygen atoms in total. The van der Waals surface area contributed by atoms with Gasteiger partial charge in [0.05, 0.1) is 19.0 Å². The molecular weight excluding hydrogens is 286 g/mol. The summed E-state index contributed by atoms with van der Waals surface area (Å²) in [6, 6.07) is 5.94. The molecule has 0 bridgehead atoms. The average molecular weight is 305 g/mol. The van der Waals surface area contributed by atoms with Crippen LogP contribution in [0.2, 0.25) is 0 Å². The minimum atomic E-state index is -0.448. The first-order chi connectivity index (χ1) is 9.99. The van der Waals surface area contributed by atoms with Crippen molar-refractivity contribution in [1.82, 2.24) is 4.98 Å². The van der Waals surface area contributed by atoms with Crippen molar-refractivity contribution in [2.45, 2.75) is 26.3 Å². The number of pyridine rings is 1. The molecule has 0 saturated heterocycles. The number of aryl methyl sites for hydroxylation is 1. The predicted octanol–water partition coefficient (Wildman–Crippen LogP) is 2.86. The number of esters is 1. The maximum Gasteiger partial charge on any atom is 0.341 e. The van der Waals surface area contributed by atoms with Crippen molar-refractivity contribution >= 4 is 28.8 Å². The van der Waals surface area contributed by atoms with Gasteiger partial charge in [0.1, 0.15) is 11.4 Å². The lowest BCUT2D eigenvalue weighted by atomic mass is 10.2. The molecule has 6 heteroatoms. The van der Waals surface area contributed by atoms with Gasteiger partial charge in [0.15, 0.2) is 0 Å². The van der Waals surface area contributed by atoms with E-state index in [1.54, 1.807) is 17.4 Å². The molecule has 0 aromatic carbocycles. The number of nitrogens with one attached hydrogen (secondary N) is 1. The Hall–Kier alpha value is -2.08. The predicted molar refractivity (Wildman–Crippen MR) is 85.8 cm³/mol. The number of carbonyl (C=O) groups excluding carboxylic acids is 1. The van der Waals surface area contributed by atoms with E-state index in [0.29, 0.717) is 17.1 Å². The van der Waals surface area contributed by atoms with E-state index in [9.17, 15) is 4.79 Å². The van der Waals surface area contributed by atoms with Crippen molar-refractivity contribution in [1.29, 1.82) is 0 Å². The number of nitrogens with zero attached hydrogens (tertiary/aromatic N) is 1. The lowest BCUT2D eigenvalue weighted by Gasteiger charge is -2.16. The molecule has 0 aliphatic heterocycles. The van der Waals surface area contributed by atoms with Crippen molar-refractivity contribution < 1.29 is 9.53 Å². The quantitative estimate of drug-likeness (QED) is 0.831. The summed E-state index contributed by atoms with van der Waals surface area (Å²) in [4.78, 5) is 18.6. The molecule has 0 saturated carbocycles. The van der Waals surface area contributed by atoms with Crippen LogP contribution in [-0.4, -0.2) is 24.1 Å². The molecule has 0 aliphatic rings. The molecule has 2 heterocycles. The molecule has 0 fully saturated rings. The third-order valence-corrected chi connectivity index (χ3v) is 4.02. The van der Waals surface area contributed by atoms with Crippen LogP contribution < -0.4 is 11.1 Å². The highest BCUT2D eigenvalue weighted by atomic mass is 32.1. The van der Waals surface area contributed by atoms with Crippen LogP contribution in [0.1, 0.15) is 27.0 Å². The smallest absolute Gasteiger partial charge is 0.341 e. The van der Waals surface area contributed by atoms with Gasteiger partial charge in [-0.25, -0.2) is 9.78 Å². The minimum Gasteiger partial charge on any atom is -0.465 e. The molecule has 2 aromatic heterocycles. The van der Waals surface area contributed by atoms with Gasteiger partial charge in [-0.15, -0.1) is 11.3 Å². The SMILES string of the molecule is COC(=O)c1cc(N)cnc1NC(C)Cc1ccc(C)s1. The summed E-state index contributed by atoms with van der Waals surface area (Å²) in [7, 11) is 1.34. The number of aromatic nitrogens is 1. The monoisotopic (exact) mass is 305 g/mol. The number of ether oxygens (including phenoxy) is 1. The van der Waals surface area contributed by atoms with E-state index in [-0.39, 0.29) is 6.04 Å². The minimum absolute atomic E-state index is 0.141. The summed E-state index contributed by atoms with van der Waals surface area (Å²) in [5.41, 5.74) is 6.47. The van der Waals surface area contributed by atoms with Crippen LogP contribution in [0.25, 0.3) is 0 Å². The molecule has 21 heavy (non-hydrogen) atoms. The van der Waals surface area contributed by atoms with Crippen LogP contribution in [0.5, 0.6) is 0 Å². The van der Waals surface area contributed by atoms with Gasteiger partial charge in [0, 0.05) is 22.2 Å². The van der Waals surface area contributed by atoms with Crippen molar-refractivity contribution in [3.05, 3.63) is 39.7 Å². The van der Waals surface area contributed by atoms with Crippen LogP contribution in [0, 0.1) is 6.92 Å². The molecule has 1 unspecified atom stereocenters. The van der Waals surface area contributed by atoms with Gasteiger partial charge in [-0.05, 0) is 32.0 Å². The number of hydrogen-bond donors (Lipinski definition) is 2. The second kappa shape index (κ2) is 6.58. The fraction of sp³-hybridized carbons (Fsp3) is 0.333. The number of carbonyl (C=O) groups is 1. The number of methoxy groups -OCH3 is 1. The van der Waals surface area contributed by atoms with Crippen LogP contribution >= 0.6 is 11.3 Å². The number of nitrogen functional groups attached to an aromatic ring is 1. The van der Waals surface area contributed by atoms with E-state index in [1.165, 1.54) is 23.1 Å². The van der Waals surface area contributed by atoms with Crippen molar-refractivity contribution in [3.8, 4) is 0 Å². The van der Waals surface area contributed by atoms with Crippen molar-refractivity contribution in [2.75, 3.05) is 18.2 Å². The molecule has 0 aliphatic carbocycles. The third kappa shape index (κ3) is 3.95. The summed E-state index contributed by atoms with van der Waals surface area (Å²) in [6.45, 7) is 4.14. The fourth-order valence-corrected chi connectivity index (χ4v) is 3.06. The Balaban J connectivity index is 2.13. The Labute approximate surface area is 128 Å². The lowest BCUT2D eigenvalue weighted by molar-refractivity contribution is 0.0601. The number of rotatable bonds is 5. The van der Waals surface area contributed by atoms with Gasteiger partial charge in [-0.2, -0.15) is 0 Å². The molecular formula is C15H19N3O2S. The Morgan fingerprint density at radius 1 is 1.52 bits per heavy atom. The summed E-state index contributed by atoms with van der Waals surface area (Å²) in [5.74, 6) is 0.0493. The first-order valence-corrected chi connectivity index (χ1v) is 7.47. The average Bonchev–Trinajstić information content (AvgIpc) is 2.85. The molecule has 2 rings (SSSR count). The Morgan fingerprint density at radius 3 is 2.90 bits per heavy atom. The largest absolute Gasteiger partial charge is 0.465 e. The first kappa shape index (κ1) is 15.3. The maximum absolute atomic E-state index is 11.8. The van der Waals surface area contributed by atoms with E-state index < -0.39 is 5.97 Å². The van der Waals surface area contributed by atoms with Crippen LogP contribution in [0.4, 0.5) is 11.5 Å². The van der Waals surface area contributed by atoms with Gasteiger partial charge in [-0.1, -0.05) is 0 Å². The highest BCUT2D eigenvalue weighted by molar-refractivity contribution is 7.11. The maximum atomic E-state index is 11.8. The zero-order chi connectivity index (χ0) is 15.4. The standard InChI is InChI=1S/C15H19N3O2S/c1-9(6-12-5-4-10(2)21-12)18-14-13(15(19)20-3)7-11(16)8-17-14/h4-5,7-9H,6,16H2,1-3H3,(H,17,18). The highest BCUT2D eigenvalue weighted by Crippen LogP contribution is 2.21. The van der Waals surface area contributed by atoms with E-state index in [0.717, 1.165) is 6.42 Å². The van der Waals surface area contributed by atoms with E-state index in [1.807, 2.05) is 6.92 Å². The summed E-state index contributed by atoms with van der Waals surface area (Å²) < 4.78 is 4.76.